The Bertz CT molecular complexity index is 352. The molecule has 0 amide bonds. The molecule has 0 saturated carbocycles. The molecule has 17 heavy (non-hydrogen) atoms. The standard InChI is InChI=1S/C12H20N2O2S/c1-9(3-4-12(15)16)5-6-13-7-11-8-17-10(2)14-11/h8-9,13H,3-7H2,1-2H3,(H,15,16). The number of aromatic nitrogens is 1. The van der Waals surface area contributed by atoms with Crippen LogP contribution in [0.15, 0.2) is 5.38 Å². The van der Waals surface area contributed by atoms with Crippen molar-refractivity contribution < 1.29 is 9.90 Å². The molecule has 0 fully saturated rings. The van der Waals surface area contributed by atoms with Crippen molar-refractivity contribution in [3.63, 3.8) is 0 Å². The van der Waals surface area contributed by atoms with Crippen LogP contribution in [0.3, 0.4) is 0 Å². The number of aryl methyl sites for hydroxylation is 1. The van der Waals surface area contributed by atoms with Gasteiger partial charge in [-0.15, -0.1) is 11.3 Å². The van der Waals surface area contributed by atoms with E-state index in [1.165, 1.54) is 0 Å². The summed E-state index contributed by atoms with van der Waals surface area (Å²) in [5.74, 6) is -0.251. The minimum atomic E-state index is -0.706. The molecule has 4 nitrogen and oxygen atoms in total. The van der Waals surface area contributed by atoms with Gasteiger partial charge in [0.2, 0.25) is 0 Å². The Morgan fingerprint density at radius 1 is 1.59 bits per heavy atom. The predicted octanol–water partition coefficient (Wildman–Crippen LogP) is 2.43. The number of nitrogens with zero attached hydrogens (tertiary/aromatic N) is 1. The van der Waals surface area contributed by atoms with Gasteiger partial charge in [0.15, 0.2) is 0 Å². The Kier molecular flexibility index (Phi) is 6.15. The van der Waals surface area contributed by atoms with E-state index < -0.39 is 5.97 Å². The van der Waals surface area contributed by atoms with Crippen LogP contribution in [0.25, 0.3) is 0 Å². The van der Waals surface area contributed by atoms with E-state index in [4.69, 9.17) is 5.11 Å². The van der Waals surface area contributed by atoms with E-state index in [0.717, 1.165) is 36.6 Å². The van der Waals surface area contributed by atoms with Crippen molar-refractivity contribution in [2.24, 2.45) is 5.92 Å². The summed E-state index contributed by atoms with van der Waals surface area (Å²) in [6.45, 7) is 5.81. The molecule has 1 rings (SSSR count). The SMILES string of the molecule is Cc1nc(CNCCC(C)CCC(=O)O)cs1. The molecule has 0 aromatic carbocycles. The van der Waals surface area contributed by atoms with Crippen LogP contribution in [0.4, 0.5) is 0 Å². The summed E-state index contributed by atoms with van der Waals surface area (Å²) in [5.41, 5.74) is 1.09. The molecule has 0 aliphatic carbocycles. The van der Waals surface area contributed by atoms with Crippen LogP contribution in [0, 0.1) is 12.8 Å². The minimum absolute atomic E-state index is 0.270. The molecule has 5 heteroatoms. The van der Waals surface area contributed by atoms with Crippen LogP contribution in [-0.2, 0) is 11.3 Å². The van der Waals surface area contributed by atoms with Gasteiger partial charge in [-0.1, -0.05) is 6.92 Å². The highest BCUT2D eigenvalue weighted by molar-refractivity contribution is 7.09. The first-order chi connectivity index (χ1) is 8.08. The highest BCUT2D eigenvalue weighted by Gasteiger charge is 2.05. The number of hydrogen-bond donors (Lipinski definition) is 2. The fourth-order valence-electron chi connectivity index (χ4n) is 1.57. The number of thiazole rings is 1. The first-order valence-electron chi connectivity index (χ1n) is 5.91. The van der Waals surface area contributed by atoms with Gasteiger partial charge in [-0.25, -0.2) is 4.98 Å². The third-order valence-electron chi connectivity index (χ3n) is 2.64. The second kappa shape index (κ2) is 7.40. The van der Waals surface area contributed by atoms with Gasteiger partial charge in [0.25, 0.3) is 0 Å². The molecule has 0 saturated heterocycles. The molecule has 0 radical (unpaired) electrons. The average Bonchev–Trinajstić information content (AvgIpc) is 2.68. The Labute approximate surface area is 106 Å². The second-order valence-electron chi connectivity index (χ2n) is 4.36. The average molecular weight is 256 g/mol. The molecule has 2 N–H and O–H groups in total. The minimum Gasteiger partial charge on any atom is -0.481 e. The van der Waals surface area contributed by atoms with Crippen LogP contribution in [-0.4, -0.2) is 22.6 Å². The van der Waals surface area contributed by atoms with Gasteiger partial charge in [0.1, 0.15) is 0 Å². The van der Waals surface area contributed by atoms with E-state index in [1.54, 1.807) is 11.3 Å². The Morgan fingerprint density at radius 2 is 2.35 bits per heavy atom. The third-order valence-corrected chi connectivity index (χ3v) is 3.46. The maximum atomic E-state index is 10.4. The van der Waals surface area contributed by atoms with Crippen LogP contribution in [0.5, 0.6) is 0 Å². The van der Waals surface area contributed by atoms with Crippen LogP contribution < -0.4 is 5.32 Å². The quantitative estimate of drug-likeness (QED) is 0.701. The lowest BCUT2D eigenvalue weighted by molar-refractivity contribution is -0.137. The molecule has 1 atom stereocenters. The fraction of sp³-hybridized carbons (Fsp3) is 0.667. The third kappa shape index (κ3) is 6.38. The van der Waals surface area contributed by atoms with E-state index in [9.17, 15) is 4.79 Å². The van der Waals surface area contributed by atoms with Gasteiger partial charge in [-0.2, -0.15) is 0 Å². The van der Waals surface area contributed by atoms with E-state index in [1.807, 2.05) is 6.92 Å². The van der Waals surface area contributed by atoms with E-state index in [2.05, 4.69) is 22.6 Å². The molecule has 1 aromatic rings. The normalized spacial score (nSPS) is 12.6. The molecule has 0 bridgehead atoms. The number of carbonyl (C=O) groups is 1. The highest BCUT2D eigenvalue weighted by atomic mass is 32.1. The topological polar surface area (TPSA) is 62.2 Å². The van der Waals surface area contributed by atoms with E-state index in [0.29, 0.717) is 5.92 Å². The number of carboxylic acid groups (broad SMARTS) is 1. The number of rotatable bonds is 8. The monoisotopic (exact) mass is 256 g/mol. The van der Waals surface area contributed by atoms with E-state index in [-0.39, 0.29) is 6.42 Å². The van der Waals surface area contributed by atoms with Crippen molar-refractivity contribution in [2.75, 3.05) is 6.54 Å². The summed E-state index contributed by atoms with van der Waals surface area (Å²) >= 11 is 1.66. The van der Waals surface area contributed by atoms with Gasteiger partial charge < -0.3 is 10.4 Å². The van der Waals surface area contributed by atoms with Crippen molar-refractivity contribution in [3.05, 3.63) is 16.1 Å². The first-order valence-corrected chi connectivity index (χ1v) is 6.79. The van der Waals surface area contributed by atoms with E-state index >= 15 is 0 Å². The first kappa shape index (κ1) is 14.1. The summed E-state index contributed by atoms with van der Waals surface area (Å²) in [5, 5.41) is 15.1. The van der Waals surface area contributed by atoms with Crippen LogP contribution >= 0.6 is 11.3 Å². The molecule has 0 aliphatic rings. The molecule has 1 aromatic heterocycles. The van der Waals surface area contributed by atoms with Gasteiger partial charge in [-0.05, 0) is 32.2 Å². The number of nitrogens with one attached hydrogen (secondary N) is 1. The molecular formula is C12H20N2O2S. The zero-order chi connectivity index (χ0) is 12.7. The molecule has 1 heterocycles. The largest absolute Gasteiger partial charge is 0.481 e. The van der Waals surface area contributed by atoms with Crippen LogP contribution in [0.2, 0.25) is 0 Å². The van der Waals surface area contributed by atoms with Crippen molar-refractivity contribution in [1.82, 2.24) is 10.3 Å². The zero-order valence-electron chi connectivity index (χ0n) is 10.4. The van der Waals surface area contributed by atoms with Gasteiger partial charge >= 0.3 is 5.97 Å². The number of aliphatic carboxylic acids is 1. The lowest BCUT2D eigenvalue weighted by atomic mass is 10.0. The molecule has 0 spiro atoms. The van der Waals surface area contributed by atoms with Gasteiger partial charge in [-0.3, -0.25) is 4.79 Å². The number of carboxylic acids is 1. The van der Waals surface area contributed by atoms with Gasteiger partial charge in [0, 0.05) is 18.3 Å². The Morgan fingerprint density at radius 3 is 2.94 bits per heavy atom. The van der Waals surface area contributed by atoms with Crippen molar-refractivity contribution >= 4 is 17.3 Å². The maximum absolute atomic E-state index is 10.4. The lowest BCUT2D eigenvalue weighted by Crippen LogP contribution is -2.17. The summed E-state index contributed by atoms with van der Waals surface area (Å²) < 4.78 is 0. The highest BCUT2D eigenvalue weighted by Crippen LogP contribution is 2.10. The number of hydrogen-bond acceptors (Lipinski definition) is 4. The van der Waals surface area contributed by atoms with Crippen molar-refractivity contribution in [3.8, 4) is 0 Å². The van der Waals surface area contributed by atoms with Crippen LogP contribution in [0.1, 0.15) is 36.9 Å². The summed E-state index contributed by atoms with van der Waals surface area (Å²) in [4.78, 5) is 14.8. The zero-order valence-corrected chi connectivity index (χ0v) is 11.2. The fourth-order valence-corrected chi connectivity index (χ4v) is 2.18. The smallest absolute Gasteiger partial charge is 0.303 e. The summed E-state index contributed by atoms with van der Waals surface area (Å²) in [7, 11) is 0. The summed E-state index contributed by atoms with van der Waals surface area (Å²) in [6.07, 6.45) is 2.04. The van der Waals surface area contributed by atoms with Crippen molar-refractivity contribution in [2.45, 2.75) is 39.7 Å². The maximum Gasteiger partial charge on any atom is 0.303 e. The Hall–Kier alpha value is -0.940. The molecule has 96 valence electrons. The summed E-state index contributed by atoms with van der Waals surface area (Å²) in [6, 6.07) is 0. The molecule has 0 aliphatic heterocycles. The Balaban J connectivity index is 2.05. The lowest BCUT2D eigenvalue weighted by Gasteiger charge is -2.09. The molecule has 1 unspecified atom stereocenters. The van der Waals surface area contributed by atoms with Gasteiger partial charge in [0.05, 0.1) is 10.7 Å². The van der Waals surface area contributed by atoms with Crippen molar-refractivity contribution in [1.29, 1.82) is 0 Å². The second-order valence-corrected chi connectivity index (χ2v) is 5.42. The molecular weight excluding hydrogens is 236 g/mol. The predicted molar refractivity (Wildman–Crippen MR) is 69.2 cm³/mol.